The molecule has 0 aliphatic heterocycles. The summed E-state index contributed by atoms with van der Waals surface area (Å²) in [6.07, 6.45) is 2.87. The average molecular weight is 421 g/mol. The van der Waals surface area contributed by atoms with Crippen molar-refractivity contribution in [2.75, 3.05) is 6.54 Å². The van der Waals surface area contributed by atoms with Gasteiger partial charge in [-0.25, -0.2) is 0 Å². The van der Waals surface area contributed by atoms with Gasteiger partial charge in [-0.05, 0) is 54.7 Å². The highest BCUT2D eigenvalue weighted by atomic mass is 35.5. The molecule has 0 radical (unpaired) electrons. The lowest BCUT2D eigenvalue weighted by Gasteiger charge is -2.18. The lowest BCUT2D eigenvalue weighted by Crippen LogP contribution is -2.47. The molecule has 2 N–H and O–H groups in total. The van der Waals surface area contributed by atoms with Gasteiger partial charge < -0.3 is 10.6 Å². The van der Waals surface area contributed by atoms with Crippen LogP contribution in [-0.4, -0.2) is 24.4 Å². The highest BCUT2D eigenvalue weighted by molar-refractivity contribution is 6.35. The Morgan fingerprint density at radius 1 is 1.04 bits per heavy atom. The van der Waals surface area contributed by atoms with Crippen molar-refractivity contribution in [2.45, 2.75) is 45.6 Å². The van der Waals surface area contributed by atoms with E-state index in [0.29, 0.717) is 35.0 Å². The number of benzene rings is 2. The summed E-state index contributed by atoms with van der Waals surface area (Å²) in [7, 11) is 0. The Morgan fingerprint density at radius 2 is 1.75 bits per heavy atom. The molecular formula is C22H26Cl2N2O2. The van der Waals surface area contributed by atoms with Gasteiger partial charge >= 0.3 is 0 Å². The van der Waals surface area contributed by atoms with Crippen LogP contribution in [-0.2, 0) is 17.6 Å². The Kier molecular flexibility index (Phi) is 8.81. The molecule has 1 unspecified atom stereocenters. The van der Waals surface area contributed by atoms with Gasteiger partial charge in [0.05, 0.1) is 0 Å². The summed E-state index contributed by atoms with van der Waals surface area (Å²) in [6.45, 7) is 4.48. The summed E-state index contributed by atoms with van der Waals surface area (Å²) >= 11 is 12.1. The van der Waals surface area contributed by atoms with Crippen LogP contribution in [0.5, 0.6) is 0 Å². The predicted octanol–water partition coefficient (Wildman–Crippen LogP) is 4.81. The zero-order chi connectivity index (χ0) is 20.5. The number of aryl methyl sites for hydroxylation is 1. The molecule has 2 aromatic carbocycles. The third-order valence-electron chi connectivity index (χ3n) is 4.53. The van der Waals surface area contributed by atoms with Gasteiger partial charge in [-0.15, -0.1) is 0 Å². The van der Waals surface area contributed by atoms with Crippen LogP contribution >= 0.6 is 23.2 Å². The van der Waals surface area contributed by atoms with Crippen molar-refractivity contribution in [1.29, 1.82) is 0 Å². The Balaban J connectivity index is 1.92. The van der Waals surface area contributed by atoms with Gasteiger partial charge in [-0.3, -0.25) is 9.59 Å². The van der Waals surface area contributed by atoms with Crippen molar-refractivity contribution < 1.29 is 9.59 Å². The van der Waals surface area contributed by atoms with Gasteiger partial charge in [0.15, 0.2) is 0 Å². The van der Waals surface area contributed by atoms with E-state index in [4.69, 9.17) is 23.2 Å². The maximum absolute atomic E-state index is 12.5. The Labute approximate surface area is 176 Å². The standard InChI is InChI=1S/C22H26Cl2N2O2/c1-3-5-20(26-21(27)17-8-6-15(4-2)7-9-17)22(28)25-13-12-16-10-11-18(23)14-19(16)24/h6-11,14,20H,3-5,12-13H2,1-2H3,(H,25,28)(H,26,27). The fraction of sp³-hybridized carbons (Fsp3) is 0.364. The summed E-state index contributed by atoms with van der Waals surface area (Å²) in [4.78, 5) is 25.0. The molecule has 4 nitrogen and oxygen atoms in total. The number of hydrogen-bond acceptors (Lipinski definition) is 2. The summed E-state index contributed by atoms with van der Waals surface area (Å²) in [5.41, 5.74) is 2.64. The molecule has 2 rings (SSSR count). The minimum absolute atomic E-state index is 0.189. The van der Waals surface area contributed by atoms with Crippen LogP contribution in [0, 0.1) is 0 Å². The largest absolute Gasteiger partial charge is 0.354 e. The molecule has 0 aliphatic rings. The van der Waals surface area contributed by atoms with Crippen molar-refractivity contribution in [3.8, 4) is 0 Å². The molecule has 2 amide bonds. The lowest BCUT2D eigenvalue weighted by atomic mass is 10.1. The number of nitrogens with one attached hydrogen (secondary N) is 2. The topological polar surface area (TPSA) is 58.2 Å². The fourth-order valence-corrected chi connectivity index (χ4v) is 3.36. The van der Waals surface area contributed by atoms with Crippen molar-refractivity contribution in [2.24, 2.45) is 0 Å². The second-order valence-electron chi connectivity index (χ2n) is 6.64. The maximum Gasteiger partial charge on any atom is 0.251 e. The Bertz CT molecular complexity index is 807. The molecule has 2 aromatic rings. The first-order valence-electron chi connectivity index (χ1n) is 9.56. The second-order valence-corrected chi connectivity index (χ2v) is 7.49. The van der Waals surface area contributed by atoms with Crippen LogP contribution in [0.15, 0.2) is 42.5 Å². The molecule has 0 aromatic heterocycles. The molecule has 0 spiro atoms. The van der Waals surface area contributed by atoms with E-state index in [1.54, 1.807) is 24.3 Å². The molecule has 150 valence electrons. The summed E-state index contributed by atoms with van der Waals surface area (Å²) in [5.74, 6) is -0.428. The number of carbonyl (C=O) groups is 2. The summed E-state index contributed by atoms with van der Waals surface area (Å²) in [6, 6.07) is 12.2. The quantitative estimate of drug-likeness (QED) is 0.610. The molecule has 0 aliphatic carbocycles. The zero-order valence-corrected chi connectivity index (χ0v) is 17.7. The lowest BCUT2D eigenvalue weighted by molar-refractivity contribution is -0.123. The first kappa shape index (κ1) is 22.3. The Morgan fingerprint density at radius 3 is 2.36 bits per heavy atom. The molecule has 0 bridgehead atoms. The number of hydrogen-bond donors (Lipinski definition) is 2. The fourth-order valence-electron chi connectivity index (χ4n) is 2.86. The summed E-state index contributed by atoms with van der Waals surface area (Å²) < 4.78 is 0. The third-order valence-corrected chi connectivity index (χ3v) is 5.12. The highest BCUT2D eigenvalue weighted by Gasteiger charge is 2.20. The molecular weight excluding hydrogens is 395 g/mol. The van der Waals surface area contributed by atoms with Crippen LogP contribution in [0.3, 0.4) is 0 Å². The molecule has 1 atom stereocenters. The monoisotopic (exact) mass is 420 g/mol. The van der Waals surface area contributed by atoms with E-state index in [-0.39, 0.29) is 11.8 Å². The summed E-state index contributed by atoms with van der Waals surface area (Å²) in [5, 5.41) is 6.89. The van der Waals surface area contributed by atoms with Gasteiger partial charge in [0.2, 0.25) is 5.91 Å². The Hall–Kier alpha value is -2.04. The van der Waals surface area contributed by atoms with Crippen LogP contribution in [0.4, 0.5) is 0 Å². The van der Waals surface area contributed by atoms with Crippen molar-refractivity contribution in [1.82, 2.24) is 10.6 Å². The van der Waals surface area contributed by atoms with Gasteiger partial charge in [-0.2, -0.15) is 0 Å². The van der Waals surface area contributed by atoms with Crippen LogP contribution in [0.1, 0.15) is 48.2 Å². The van der Waals surface area contributed by atoms with Crippen LogP contribution in [0.25, 0.3) is 0 Å². The SMILES string of the molecule is CCCC(NC(=O)c1ccc(CC)cc1)C(=O)NCCc1ccc(Cl)cc1Cl. The van der Waals surface area contributed by atoms with Gasteiger partial charge in [0, 0.05) is 22.2 Å². The van der Waals surface area contributed by atoms with E-state index in [9.17, 15) is 9.59 Å². The number of halogens is 2. The molecule has 6 heteroatoms. The molecule has 0 fully saturated rings. The van der Waals surface area contributed by atoms with Gasteiger partial charge in [-0.1, -0.05) is 61.7 Å². The number of carbonyl (C=O) groups excluding carboxylic acids is 2. The van der Waals surface area contributed by atoms with Crippen molar-refractivity contribution in [3.05, 3.63) is 69.2 Å². The molecule has 0 saturated heterocycles. The number of rotatable bonds is 9. The van der Waals surface area contributed by atoms with E-state index in [1.165, 1.54) is 5.56 Å². The van der Waals surface area contributed by atoms with E-state index in [0.717, 1.165) is 18.4 Å². The molecule has 0 heterocycles. The minimum atomic E-state index is -0.566. The van der Waals surface area contributed by atoms with E-state index < -0.39 is 6.04 Å². The highest BCUT2D eigenvalue weighted by Crippen LogP contribution is 2.21. The van der Waals surface area contributed by atoms with Crippen molar-refractivity contribution in [3.63, 3.8) is 0 Å². The van der Waals surface area contributed by atoms with Crippen molar-refractivity contribution >= 4 is 35.0 Å². The molecule has 0 saturated carbocycles. The van der Waals surface area contributed by atoms with E-state index in [2.05, 4.69) is 17.6 Å². The normalized spacial score (nSPS) is 11.7. The minimum Gasteiger partial charge on any atom is -0.354 e. The van der Waals surface area contributed by atoms with Crippen LogP contribution < -0.4 is 10.6 Å². The van der Waals surface area contributed by atoms with Gasteiger partial charge in [0.1, 0.15) is 6.04 Å². The predicted molar refractivity (Wildman–Crippen MR) is 115 cm³/mol. The molecule has 28 heavy (non-hydrogen) atoms. The second kappa shape index (κ2) is 11.1. The maximum atomic E-state index is 12.5. The smallest absolute Gasteiger partial charge is 0.251 e. The van der Waals surface area contributed by atoms with Crippen LogP contribution in [0.2, 0.25) is 10.0 Å². The van der Waals surface area contributed by atoms with E-state index in [1.807, 2.05) is 25.1 Å². The number of amides is 2. The third kappa shape index (κ3) is 6.54. The average Bonchev–Trinajstić information content (AvgIpc) is 2.69. The zero-order valence-electron chi connectivity index (χ0n) is 16.2. The van der Waals surface area contributed by atoms with Gasteiger partial charge in [0.25, 0.3) is 5.91 Å². The first-order valence-corrected chi connectivity index (χ1v) is 10.3. The van der Waals surface area contributed by atoms with E-state index >= 15 is 0 Å². The first-order chi connectivity index (χ1) is 13.4.